The first-order valence-electron chi connectivity index (χ1n) is 13.6. The van der Waals surface area contributed by atoms with Gasteiger partial charge in [0.2, 0.25) is 0 Å². The third kappa shape index (κ3) is 5.52. The van der Waals surface area contributed by atoms with Crippen LogP contribution in [0.3, 0.4) is 0 Å². The molecule has 5 nitrogen and oxygen atoms in total. The minimum Gasteiger partial charge on any atom is -0.507 e. The topological polar surface area (TPSA) is 66.8 Å². The SMILES string of the molecule is CCCCc1ccc(N2C(=O)C(=O)/C(=C(\O)c3ccc(OCCC)c(C)c3)C2c2ccc(CC)cc2)cc1. The zero-order chi connectivity index (χ0) is 27.2. The van der Waals surface area contributed by atoms with Gasteiger partial charge in [-0.25, -0.2) is 0 Å². The van der Waals surface area contributed by atoms with Gasteiger partial charge in [-0.05, 0) is 85.2 Å². The number of carbonyl (C=O) groups excluding carboxylic acids is 2. The van der Waals surface area contributed by atoms with Gasteiger partial charge in [0.1, 0.15) is 11.5 Å². The number of nitrogens with zero attached hydrogens (tertiary/aromatic N) is 1. The predicted octanol–water partition coefficient (Wildman–Crippen LogP) is 7.32. The lowest BCUT2D eigenvalue weighted by molar-refractivity contribution is -0.132. The Balaban J connectivity index is 1.81. The van der Waals surface area contributed by atoms with E-state index in [-0.39, 0.29) is 11.3 Å². The maximum atomic E-state index is 13.5. The molecule has 3 aromatic rings. The van der Waals surface area contributed by atoms with Crippen LogP contribution in [0.4, 0.5) is 5.69 Å². The van der Waals surface area contributed by atoms with Crippen LogP contribution in [-0.2, 0) is 22.4 Å². The molecule has 1 heterocycles. The number of amides is 1. The summed E-state index contributed by atoms with van der Waals surface area (Å²) in [5.74, 6) is -0.776. The quantitative estimate of drug-likeness (QED) is 0.176. The number of anilines is 1. The van der Waals surface area contributed by atoms with E-state index in [1.54, 1.807) is 18.2 Å². The van der Waals surface area contributed by atoms with Gasteiger partial charge in [-0.15, -0.1) is 0 Å². The Morgan fingerprint density at radius 2 is 1.58 bits per heavy atom. The molecule has 4 rings (SSSR count). The minimum atomic E-state index is -0.737. The maximum absolute atomic E-state index is 13.5. The number of hydrogen-bond donors (Lipinski definition) is 1. The first-order chi connectivity index (χ1) is 18.4. The molecule has 0 spiro atoms. The van der Waals surface area contributed by atoms with Crippen LogP contribution in [-0.4, -0.2) is 23.4 Å². The Morgan fingerprint density at radius 1 is 0.895 bits per heavy atom. The summed E-state index contributed by atoms with van der Waals surface area (Å²) in [7, 11) is 0. The van der Waals surface area contributed by atoms with Crippen molar-refractivity contribution in [3.63, 3.8) is 0 Å². The Hall–Kier alpha value is -3.86. The largest absolute Gasteiger partial charge is 0.507 e. The first kappa shape index (κ1) is 27.2. The Bertz CT molecular complexity index is 1320. The van der Waals surface area contributed by atoms with Crippen molar-refractivity contribution in [3.05, 3.63) is 100 Å². The fraction of sp³-hybridized carbons (Fsp3) is 0.333. The molecule has 5 heteroatoms. The normalized spacial score (nSPS) is 16.7. The summed E-state index contributed by atoms with van der Waals surface area (Å²) in [5.41, 5.74) is 5.18. The van der Waals surface area contributed by atoms with Crippen molar-refractivity contribution in [2.75, 3.05) is 11.5 Å². The molecule has 0 aromatic heterocycles. The molecule has 1 aliphatic rings. The standard InChI is InChI=1S/C33H37NO4/c1-5-8-9-24-12-17-27(18-13-24)34-30(25-14-10-23(7-3)11-15-25)29(32(36)33(34)37)31(35)26-16-19-28(22(4)21-26)38-20-6-2/h10-19,21,30,35H,5-9,20H2,1-4H3/b31-29-. The second-order valence-electron chi connectivity index (χ2n) is 9.86. The van der Waals surface area contributed by atoms with Crippen LogP contribution < -0.4 is 9.64 Å². The maximum Gasteiger partial charge on any atom is 0.300 e. The van der Waals surface area contributed by atoms with E-state index in [4.69, 9.17) is 4.74 Å². The number of unbranched alkanes of at least 4 members (excludes halogenated alkanes) is 1. The molecule has 0 radical (unpaired) electrons. The van der Waals surface area contributed by atoms with E-state index in [1.165, 1.54) is 10.5 Å². The van der Waals surface area contributed by atoms with E-state index < -0.39 is 17.7 Å². The Labute approximate surface area is 225 Å². The van der Waals surface area contributed by atoms with Crippen molar-refractivity contribution in [3.8, 4) is 5.75 Å². The number of aliphatic hydroxyl groups is 1. The van der Waals surface area contributed by atoms with Gasteiger partial charge in [-0.3, -0.25) is 14.5 Å². The lowest BCUT2D eigenvalue weighted by Gasteiger charge is -2.26. The highest BCUT2D eigenvalue weighted by Gasteiger charge is 2.47. The molecule has 0 saturated carbocycles. The van der Waals surface area contributed by atoms with E-state index in [9.17, 15) is 14.7 Å². The number of Topliss-reactive ketones (excluding diaryl/α,β-unsaturated/α-hetero) is 1. The van der Waals surface area contributed by atoms with Crippen molar-refractivity contribution < 1.29 is 19.4 Å². The average Bonchev–Trinajstić information content (AvgIpc) is 3.21. The predicted molar refractivity (Wildman–Crippen MR) is 153 cm³/mol. The lowest BCUT2D eigenvalue weighted by Crippen LogP contribution is -2.29. The van der Waals surface area contributed by atoms with Gasteiger partial charge in [-0.2, -0.15) is 0 Å². The summed E-state index contributed by atoms with van der Waals surface area (Å²) in [6.07, 6.45) is 4.94. The summed E-state index contributed by atoms with van der Waals surface area (Å²) < 4.78 is 5.78. The number of ether oxygens (including phenoxy) is 1. The van der Waals surface area contributed by atoms with E-state index in [0.717, 1.165) is 54.5 Å². The fourth-order valence-electron chi connectivity index (χ4n) is 4.88. The number of hydrogen-bond acceptors (Lipinski definition) is 4. The van der Waals surface area contributed by atoms with Gasteiger partial charge in [0, 0.05) is 11.3 Å². The van der Waals surface area contributed by atoms with E-state index in [1.807, 2.05) is 62.4 Å². The molecule has 198 valence electrons. The van der Waals surface area contributed by atoms with Gasteiger partial charge in [-0.1, -0.05) is 63.6 Å². The molecule has 1 unspecified atom stereocenters. The second-order valence-corrected chi connectivity index (χ2v) is 9.86. The highest BCUT2D eigenvalue weighted by atomic mass is 16.5. The molecule has 0 aliphatic carbocycles. The summed E-state index contributed by atoms with van der Waals surface area (Å²) in [5, 5.41) is 11.5. The summed E-state index contributed by atoms with van der Waals surface area (Å²) in [6.45, 7) is 8.78. The van der Waals surface area contributed by atoms with Crippen LogP contribution in [0.25, 0.3) is 5.76 Å². The summed E-state index contributed by atoms with van der Waals surface area (Å²) in [4.78, 5) is 28.5. The van der Waals surface area contributed by atoms with Crippen molar-refractivity contribution >= 4 is 23.1 Å². The fourth-order valence-corrected chi connectivity index (χ4v) is 4.88. The van der Waals surface area contributed by atoms with Gasteiger partial charge in [0.25, 0.3) is 11.7 Å². The molecular formula is C33H37NO4. The summed E-state index contributed by atoms with van der Waals surface area (Å²) >= 11 is 0. The van der Waals surface area contributed by atoms with Crippen molar-refractivity contribution in [1.29, 1.82) is 0 Å². The molecule has 1 amide bonds. The molecule has 1 aliphatic heterocycles. The minimum absolute atomic E-state index is 0.0935. The molecule has 38 heavy (non-hydrogen) atoms. The van der Waals surface area contributed by atoms with Crippen molar-refractivity contribution in [1.82, 2.24) is 0 Å². The smallest absolute Gasteiger partial charge is 0.300 e. The van der Waals surface area contributed by atoms with Gasteiger partial charge < -0.3 is 9.84 Å². The summed E-state index contributed by atoms with van der Waals surface area (Å²) in [6, 6.07) is 20.3. The van der Waals surface area contributed by atoms with Crippen LogP contribution in [0.1, 0.15) is 73.9 Å². The number of ketones is 1. The molecule has 1 fully saturated rings. The average molecular weight is 512 g/mol. The third-order valence-electron chi connectivity index (χ3n) is 7.09. The van der Waals surface area contributed by atoms with Gasteiger partial charge >= 0.3 is 0 Å². The molecule has 1 saturated heterocycles. The van der Waals surface area contributed by atoms with Crippen LogP contribution in [0.15, 0.2) is 72.3 Å². The molecule has 3 aromatic carbocycles. The zero-order valence-electron chi connectivity index (χ0n) is 22.8. The number of aliphatic hydroxyl groups excluding tert-OH is 1. The molecule has 1 atom stereocenters. The van der Waals surface area contributed by atoms with E-state index in [2.05, 4.69) is 13.8 Å². The number of carbonyl (C=O) groups is 2. The van der Waals surface area contributed by atoms with Gasteiger partial charge in [0.05, 0.1) is 18.2 Å². The van der Waals surface area contributed by atoms with Crippen LogP contribution in [0, 0.1) is 6.92 Å². The third-order valence-corrected chi connectivity index (χ3v) is 7.09. The monoisotopic (exact) mass is 511 g/mol. The van der Waals surface area contributed by atoms with Crippen molar-refractivity contribution in [2.45, 2.75) is 65.8 Å². The highest BCUT2D eigenvalue weighted by Crippen LogP contribution is 2.42. The Morgan fingerprint density at radius 3 is 2.18 bits per heavy atom. The highest BCUT2D eigenvalue weighted by molar-refractivity contribution is 6.51. The first-order valence-corrected chi connectivity index (χ1v) is 13.6. The second kappa shape index (κ2) is 12.1. The zero-order valence-corrected chi connectivity index (χ0v) is 22.8. The van der Waals surface area contributed by atoms with Crippen molar-refractivity contribution in [2.24, 2.45) is 0 Å². The number of rotatable bonds is 10. The molecule has 1 N–H and O–H groups in total. The number of aryl methyl sites for hydroxylation is 3. The van der Waals surface area contributed by atoms with Crippen LogP contribution in [0.2, 0.25) is 0 Å². The van der Waals surface area contributed by atoms with Crippen LogP contribution in [0.5, 0.6) is 5.75 Å². The number of benzene rings is 3. The lowest BCUT2D eigenvalue weighted by atomic mass is 9.93. The van der Waals surface area contributed by atoms with Crippen LogP contribution >= 0.6 is 0 Å². The van der Waals surface area contributed by atoms with Gasteiger partial charge in [0.15, 0.2) is 0 Å². The van der Waals surface area contributed by atoms with E-state index >= 15 is 0 Å². The van der Waals surface area contributed by atoms with E-state index in [0.29, 0.717) is 17.9 Å². The molecule has 0 bridgehead atoms. The Kier molecular flexibility index (Phi) is 8.67. The molecular weight excluding hydrogens is 474 g/mol.